The summed E-state index contributed by atoms with van der Waals surface area (Å²) in [5.74, 6) is 0.889. The van der Waals surface area contributed by atoms with E-state index in [0.717, 1.165) is 31.9 Å². The van der Waals surface area contributed by atoms with Gasteiger partial charge >= 0.3 is 0 Å². The molecule has 1 aromatic heterocycles. The van der Waals surface area contributed by atoms with Gasteiger partial charge in [0.2, 0.25) is 0 Å². The highest BCUT2D eigenvalue weighted by Crippen LogP contribution is 2.35. The van der Waals surface area contributed by atoms with Crippen LogP contribution in [0.2, 0.25) is 0 Å². The topological polar surface area (TPSA) is 38.9 Å². The molecule has 1 heterocycles. The van der Waals surface area contributed by atoms with Crippen LogP contribution < -0.4 is 5.73 Å². The van der Waals surface area contributed by atoms with Gasteiger partial charge in [0.15, 0.2) is 4.34 Å². The van der Waals surface area contributed by atoms with Gasteiger partial charge < -0.3 is 5.73 Å². The van der Waals surface area contributed by atoms with Crippen LogP contribution in [0.1, 0.15) is 12.5 Å². The second kappa shape index (κ2) is 5.59. The molecule has 1 aromatic carbocycles. The lowest BCUT2D eigenvalue weighted by atomic mass is 10.1. The van der Waals surface area contributed by atoms with Crippen LogP contribution in [0.25, 0.3) is 11.3 Å². The molecule has 0 spiro atoms. The van der Waals surface area contributed by atoms with Crippen molar-refractivity contribution in [2.45, 2.75) is 18.2 Å². The minimum atomic E-state index is 0.782. The number of nitrogen functional groups attached to an aromatic ring is 1. The first kappa shape index (κ1) is 13.2. The van der Waals surface area contributed by atoms with Gasteiger partial charge in [-0.15, -0.1) is 0 Å². The van der Waals surface area contributed by atoms with Gasteiger partial charge in [0.05, 0.1) is 0 Å². The molecule has 2 rings (SSSR count). The number of anilines is 1. The van der Waals surface area contributed by atoms with E-state index in [2.05, 4.69) is 30.6 Å². The Kier molecular flexibility index (Phi) is 4.09. The summed E-state index contributed by atoms with van der Waals surface area (Å²) >= 11 is 3.24. The summed E-state index contributed by atoms with van der Waals surface area (Å²) in [4.78, 5) is 4.61. The molecule has 0 aliphatic rings. The number of nitrogens with zero attached hydrogens (tertiary/aromatic N) is 1. The SMILES string of the molecule is C=C(C)CSc1nc(-c2cccc(C)c2)c(N)s1. The summed E-state index contributed by atoms with van der Waals surface area (Å²) in [6.07, 6.45) is 0. The fourth-order valence-corrected chi connectivity index (χ4v) is 3.35. The lowest BCUT2D eigenvalue weighted by Gasteiger charge is -1.99. The number of thioether (sulfide) groups is 1. The highest BCUT2D eigenvalue weighted by atomic mass is 32.2. The number of hydrogen-bond acceptors (Lipinski definition) is 4. The molecule has 0 radical (unpaired) electrons. The van der Waals surface area contributed by atoms with Crippen LogP contribution in [0.4, 0.5) is 5.00 Å². The van der Waals surface area contributed by atoms with Gasteiger partial charge in [-0.05, 0) is 19.9 Å². The third-order valence-electron chi connectivity index (χ3n) is 2.37. The molecule has 0 saturated carbocycles. The quantitative estimate of drug-likeness (QED) is 0.665. The third-order valence-corrected chi connectivity index (χ3v) is 4.63. The van der Waals surface area contributed by atoms with E-state index >= 15 is 0 Å². The van der Waals surface area contributed by atoms with Crippen molar-refractivity contribution in [1.29, 1.82) is 0 Å². The lowest BCUT2D eigenvalue weighted by molar-refractivity contribution is 1.25. The van der Waals surface area contributed by atoms with Crippen molar-refractivity contribution in [2.75, 3.05) is 11.5 Å². The molecular formula is C14H16N2S2. The molecule has 2 nitrogen and oxygen atoms in total. The highest BCUT2D eigenvalue weighted by molar-refractivity contribution is 8.01. The maximum absolute atomic E-state index is 6.05. The Bertz CT molecular complexity index is 573. The van der Waals surface area contributed by atoms with E-state index in [1.165, 1.54) is 5.56 Å². The average molecular weight is 276 g/mol. The van der Waals surface area contributed by atoms with Gasteiger partial charge in [0.1, 0.15) is 10.7 Å². The molecule has 18 heavy (non-hydrogen) atoms. The molecule has 0 atom stereocenters. The Hall–Kier alpha value is -1.26. The zero-order valence-electron chi connectivity index (χ0n) is 10.6. The zero-order valence-corrected chi connectivity index (χ0v) is 12.2. The first-order valence-electron chi connectivity index (χ1n) is 5.67. The van der Waals surface area contributed by atoms with Crippen molar-refractivity contribution in [2.24, 2.45) is 0 Å². The van der Waals surface area contributed by atoms with Crippen LogP contribution in [0, 0.1) is 6.92 Å². The van der Waals surface area contributed by atoms with Crippen LogP contribution in [-0.2, 0) is 0 Å². The monoisotopic (exact) mass is 276 g/mol. The van der Waals surface area contributed by atoms with Crippen LogP contribution in [-0.4, -0.2) is 10.7 Å². The Morgan fingerprint density at radius 1 is 1.50 bits per heavy atom. The average Bonchev–Trinajstić information content (AvgIpc) is 2.68. The molecule has 94 valence electrons. The van der Waals surface area contributed by atoms with Crippen LogP contribution >= 0.6 is 23.1 Å². The summed E-state index contributed by atoms with van der Waals surface area (Å²) in [5.41, 5.74) is 10.4. The maximum Gasteiger partial charge on any atom is 0.152 e. The Morgan fingerprint density at radius 2 is 2.28 bits per heavy atom. The molecule has 4 heteroatoms. The smallest absolute Gasteiger partial charge is 0.152 e. The number of rotatable bonds is 4. The molecule has 0 bridgehead atoms. The number of benzene rings is 1. The van der Waals surface area contributed by atoms with Gasteiger partial charge in [0.25, 0.3) is 0 Å². The predicted molar refractivity (Wildman–Crippen MR) is 82.2 cm³/mol. The molecule has 0 aliphatic carbocycles. The van der Waals surface area contributed by atoms with E-state index in [1.807, 2.05) is 19.1 Å². The molecule has 2 aromatic rings. The summed E-state index contributed by atoms with van der Waals surface area (Å²) in [6.45, 7) is 7.99. The first-order valence-corrected chi connectivity index (χ1v) is 7.47. The first-order chi connectivity index (χ1) is 8.56. The van der Waals surface area contributed by atoms with Gasteiger partial charge in [0, 0.05) is 11.3 Å². The second-order valence-electron chi connectivity index (χ2n) is 4.31. The second-order valence-corrected chi connectivity index (χ2v) is 6.56. The van der Waals surface area contributed by atoms with E-state index in [9.17, 15) is 0 Å². The van der Waals surface area contributed by atoms with E-state index in [0.29, 0.717) is 0 Å². The number of hydrogen-bond donors (Lipinski definition) is 1. The van der Waals surface area contributed by atoms with Crippen molar-refractivity contribution in [3.05, 3.63) is 42.0 Å². The van der Waals surface area contributed by atoms with Crippen LogP contribution in [0.5, 0.6) is 0 Å². The highest BCUT2D eigenvalue weighted by Gasteiger charge is 2.11. The molecule has 0 unspecified atom stereocenters. The minimum absolute atomic E-state index is 0.782. The number of nitrogens with two attached hydrogens (primary N) is 1. The van der Waals surface area contributed by atoms with Crippen molar-refractivity contribution in [1.82, 2.24) is 4.98 Å². The normalized spacial score (nSPS) is 10.6. The maximum atomic E-state index is 6.05. The summed E-state index contributed by atoms with van der Waals surface area (Å²) in [5, 5.41) is 0.782. The van der Waals surface area contributed by atoms with E-state index in [1.54, 1.807) is 23.1 Å². The van der Waals surface area contributed by atoms with Crippen molar-refractivity contribution < 1.29 is 0 Å². The van der Waals surface area contributed by atoms with E-state index < -0.39 is 0 Å². The fraction of sp³-hybridized carbons (Fsp3) is 0.214. The lowest BCUT2D eigenvalue weighted by Crippen LogP contribution is -1.86. The molecule has 0 fully saturated rings. The molecule has 0 amide bonds. The Labute approximate surface area is 116 Å². The predicted octanol–water partition coefficient (Wildman–Crippen LogP) is 4.37. The zero-order chi connectivity index (χ0) is 13.1. The van der Waals surface area contributed by atoms with Crippen LogP contribution in [0.3, 0.4) is 0 Å². The van der Waals surface area contributed by atoms with Crippen molar-refractivity contribution >= 4 is 28.1 Å². The van der Waals surface area contributed by atoms with E-state index in [4.69, 9.17) is 5.73 Å². The molecule has 2 N–H and O–H groups in total. The summed E-state index contributed by atoms with van der Waals surface area (Å²) in [7, 11) is 0. The van der Waals surface area contributed by atoms with Gasteiger partial charge in [-0.25, -0.2) is 4.98 Å². The van der Waals surface area contributed by atoms with Gasteiger partial charge in [-0.2, -0.15) is 0 Å². The van der Waals surface area contributed by atoms with Crippen molar-refractivity contribution in [3.63, 3.8) is 0 Å². The fourth-order valence-electron chi connectivity index (χ4n) is 1.56. The minimum Gasteiger partial charge on any atom is -0.389 e. The number of thiazole rings is 1. The largest absolute Gasteiger partial charge is 0.389 e. The molecule has 0 saturated heterocycles. The summed E-state index contributed by atoms with van der Waals surface area (Å²) < 4.78 is 1.01. The van der Waals surface area contributed by atoms with Gasteiger partial charge in [-0.3, -0.25) is 0 Å². The third kappa shape index (κ3) is 3.15. The number of aromatic nitrogens is 1. The van der Waals surface area contributed by atoms with E-state index in [-0.39, 0.29) is 0 Å². The Morgan fingerprint density at radius 3 is 2.94 bits per heavy atom. The van der Waals surface area contributed by atoms with Crippen LogP contribution in [0.15, 0.2) is 40.8 Å². The summed E-state index contributed by atoms with van der Waals surface area (Å²) in [6, 6.07) is 8.26. The van der Waals surface area contributed by atoms with Gasteiger partial charge in [-0.1, -0.05) is 59.0 Å². The van der Waals surface area contributed by atoms with Crippen molar-refractivity contribution in [3.8, 4) is 11.3 Å². The molecule has 0 aliphatic heterocycles. The standard InChI is InChI=1S/C14H16N2S2/c1-9(2)8-17-14-16-12(13(15)18-14)11-6-4-5-10(3)7-11/h4-7H,1,8,15H2,2-3H3. The number of aryl methyl sites for hydroxylation is 1. The molecular weight excluding hydrogens is 260 g/mol. The Balaban J connectivity index is 2.26.